The Bertz CT molecular complexity index is 125. The highest BCUT2D eigenvalue weighted by Gasteiger charge is 2.11. The minimum atomic E-state index is 0.340. The molecule has 2 unspecified atom stereocenters. The van der Waals surface area contributed by atoms with E-state index in [1.165, 1.54) is 19.3 Å². The fourth-order valence-corrected chi connectivity index (χ4v) is 1.67. The third-order valence-corrected chi connectivity index (χ3v) is 2.51. The van der Waals surface area contributed by atoms with Crippen LogP contribution in [-0.4, -0.2) is 25.8 Å². The van der Waals surface area contributed by atoms with Crippen LogP contribution in [0.4, 0.5) is 0 Å². The fraction of sp³-hybridized carbons (Fsp3) is 1.00. The van der Waals surface area contributed by atoms with Crippen LogP contribution in [0.3, 0.4) is 0 Å². The number of rotatable bonds is 8. The molecule has 0 amide bonds. The van der Waals surface area contributed by atoms with Crippen molar-refractivity contribution in [2.75, 3.05) is 13.7 Å². The molecule has 2 atom stereocenters. The molecule has 2 nitrogen and oxygen atoms in total. The Labute approximate surface area is 89.4 Å². The van der Waals surface area contributed by atoms with Crippen molar-refractivity contribution in [2.24, 2.45) is 5.92 Å². The van der Waals surface area contributed by atoms with Gasteiger partial charge in [-0.3, -0.25) is 0 Å². The monoisotopic (exact) mass is 201 g/mol. The molecule has 2 heteroatoms. The van der Waals surface area contributed by atoms with Gasteiger partial charge in [0, 0.05) is 6.04 Å². The number of likely N-dealkylation sites (N-methyl/N-ethyl adjacent to an activating group) is 1. The maximum absolute atomic E-state index is 5.61. The summed E-state index contributed by atoms with van der Waals surface area (Å²) in [7, 11) is 2.02. The third kappa shape index (κ3) is 7.34. The Morgan fingerprint density at radius 2 is 1.86 bits per heavy atom. The molecule has 0 aromatic carbocycles. The van der Waals surface area contributed by atoms with E-state index in [1.54, 1.807) is 0 Å². The van der Waals surface area contributed by atoms with Gasteiger partial charge >= 0.3 is 0 Å². The zero-order chi connectivity index (χ0) is 11.0. The van der Waals surface area contributed by atoms with Crippen LogP contribution in [0.2, 0.25) is 0 Å². The van der Waals surface area contributed by atoms with Gasteiger partial charge in [-0.1, -0.05) is 26.7 Å². The summed E-state index contributed by atoms with van der Waals surface area (Å²) in [5, 5.41) is 3.32. The Morgan fingerprint density at radius 3 is 2.29 bits per heavy atom. The van der Waals surface area contributed by atoms with Gasteiger partial charge in [-0.25, -0.2) is 0 Å². The molecular formula is C12H27NO. The second-order valence-electron chi connectivity index (χ2n) is 4.50. The van der Waals surface area contributed by atoms with Gasteiger partial charge in [0.05, 0.1) is 12.7 Å². The molecule has 0 aliphatic carbocycles. The topological polar surface area (TPSA) is 21.3 Å². The third-order valence-electron chi connectivity index (χ3n) is 2.51. The van der Waals surface area contributed by atoms with E-state index < -0.39 is 0 Å². The summed E-state index contributed by atoms with van der Waals surface area (Å²) in [5.74, 6) is 0.799. The second-order valence-corrected chi connectivity index (χ2v) is 4.50. The van der Waals surface area contributed by atoms with Crippen molar-refractivity contribution in [3.05, 3.63) is 0 Å². The highest BCUT2D eigenvalue weighted by atomic mass is 16.5. The van der Waals surface area contributed by atoms with Crippen molar-refractivity contribution in [3.63, 3.8) is 0 Å². The van der Waals surface area contributed by atoms with Crippen LogP contribution in [0, 0.1) is 5.92 Å². The van der Waals surface area contributed by atoms with Crippen LogP contribution in [-0.2, 0) is 4.74 Å². The molecule has 1 N–H and O–H groups in total. The Balaban J connectivity index is 3.66. The fourth-order valence-electron chi connectivity index (χ4n) is 1.67. The van der Waals surface area contributed by atoms with Crippen LogP contribution in [0.5, 0.6) is 0 Å². The standard InChI is InChI=1S/C12H27NO/c1-6-7-11(4)8-12(13-5)9-14-10(2)3/h10-13H,6-9H2,1-5H3. The molecule has 0 heterocycles. The van der Waals surface area contributed by atoms with Crippen molar-refractivity contribution in [1.29, 1.82) is 0 Å². The van der Waals surface area contributed by atoms with Crippen molar-refractivity contribution >= 4 is 0 Å². The molecule has 0 bridgehead atoms. The molecule has 0 aliphatic rings. The molecule has 0 saturated heterocycles. The molecule has 0 aromatic rings. The molecule has 0 fully saturated rings. The van der Waals surface area contributed by atoms with E-state index in [9.17, 15) is 0 Å². The molecular weight excluding hydrogens is 174 g/mol. The van der Waals surface area contributed by atoms with Gasteiger partial charge in [-0.15, -0.1) is 0 Å². The Morgan fingerprint density at radius 1 is 1.21 bits per heavy atom. The van der Waals surface area contributed by atoms with Crippen molar-refractivity contribution in [2.45, 2.75) is 59.1 Å². The predicted molar refractivity (Wildman–Crippen MR) is 62.6 cm³/mol. The van der Waals surface area contributed by atoms with E-state index in [2.05, 4.69) is 33.0 Å². The van der Waals surface area contributed by atoms with Crippen LogP contribution in [0.1, 0.15) is 47.0 Å². The first-order valence-corrected chi connectivity index (χ1v) is 5.89. The van der Waals surface area contributed by atoms with Crippen molar-refractivity contribution < 1.29 is 4.74 Å². The second kappa shape index (κ2) is 8.25. The molecule has 86 valence electrons. The average molecular weight is 201 g/mol. The number of nitrogens with one attached hydrogen (secondary N) is 1. The maximum Gasteiger partial charge on any atom is 0.0623 e. The first-order valence-electron chi connectivity index (χ1n) is 5.89. The summed E-state index contributed by atoms with van der Waals surface area (Å²) < 4.78 is 5.61. The number of ether oxygens (including phenoxy) is 1. The molecule has 0 saturated carbocycles. The minimum absolute atomic E-state index is 0.340. The van der Waals surface area contributed by atoms with Gasteiger partial charge in [0.15, 0.2) is 0 Å². The van der Waals surface area contributed by atoms with Gasteiger partial charge in [-0.05, 0) is 33.2 Å². The predicted octanol–water partition coefficient (Wildman–Crippen LogP) is 2.83. The van der Waals surface area contributed by atoms with Crippen LogP contribution in [0.25, 0.3) is 0 Å². The maximum atomic E-state index is 5.61. The van der Waals surface area contributed by atoms with Crippen LogP contribution >= 0.6 is 0 Å². The Kier molecular flexibility index (Phi) is 8.20. The van der Waals surface area contributed by atoms with Crippen LogP contribution in [0.15, 0.2) is 0 Å². The van der Waals surface area contributed by atoms with Crippen LogP contribution < -0.4 is 5.32 Å². The SMILES string of the molecule is CCCC(C)CC(COC(C)C)NC. The highest BCUT2D eigenvalue weighted by Crippen LogP contribution is 2.12. The van der Waals surface area contributed by atoms with Gasteiger partial charge in [0.2, 0.25) is 0 Å². The molecule has 0 aromatic heterocycles. The van der Waals surface area contributed by atoms with Gasteiger partial charge < -0.3 is 10.1 Å². The lowest BCUT2D eigenvalue weighted by Crippen LogP contribution is -2.33. The summed E-state index contributed by atoms with van der Waals surface area (Å²) in [6.07, 6.45) is 4.16. The van der Waals surface area contributed by atoms with E-state index in [1.807, 2.05) is 7.05 Å². The number of hydrogen-bond donors (Lipinski definition) is 1. The zero-order valence-electron chi connectivity index (χ0n) is 10.5. The molecule has 14 heavy (non-hydrogen) atoms. The summed E-state index contributed by atoms with van der Waals surface area (Å²) in [6, 6.07) is 0.513. The molecule has 0 rings (SSSR count). The van der Waals surface area contributed by atoms with E-state index >= 15 is 0 Å². The lowest BCUT2D eigenvalue weighted by molar-refractivity contribution is 0.0578. The average Bonchev–Trinajstić information content (AvgIpc) is 2.12. The summed E-state index contributed by atoms with van der Waals surface area (Å²) >= 11 is 0. The van der Waals surface area contributed by atoms with Gasteiger partial charge in [-0.2, -0.15) is 0 Å². The quantitative estimate of drug-likeness (QED) is 0.652. The lowest BCUT2D eigenvalue weighted by Gasteiger charge is -2.21. The van der Waals surface area contributed by atoms with Crippen molar-refractivity contribution in [1.82, 2.24) is 5.32 Å². The highest BCUT2D eigenvalue weighted by molar-refractivity contribution is 4.67. The largest absolute Gasteiger partial charge is 0.377 e. The van der Waals surface area contributed by atoms with E-state index in [0.717, 1.165) is 12.5 Å². The summed E-state index contributed by atoms with van der Waals surface area (Å²) in [5.41, 5.74) is 0. The van der Waals surface area contributed by atoms with Crippen molar-refractivity contribution in [3.8, 4) is 0 Å². The van der Waals surface area contributed by atoms with E-state index in [-0.39, 0.29) is 0 Å². The normalized spacial score (nSPS) is 15.9. The first kappa shape index (κ1) is 13.9. The Hall–Kier alpha value is -0.0800. The lowest BCUT2D eigenvalue weighted by atomic mass is 9.98. The first-order chi connectivity index (χ1) is 6.60. The minimum Gasteiger partial charge on any atom is -0.377 e. The molecule has 0 radical (unpaired) electrons. The van der Waals surface area contributed by atoms with Gasteiger partial charge in [0.25, 0.3) is 0 Å². The van der Waals surface area contributed by atoms with Gasteiger partial charge in [0.1, 0.15) is 0 Å². The molecule has 0 aliphatic heterocycles. The van der Waals surface area contributed by atoms with E-state index in [0.29, 0.717) is 12.1 Å². The molecule has 0 spiro atoms. The summed E-state index contributed by atoms with van der Waals surface area (Å²) in [6.45, 7) is 9.57. The smallest absolute Gasteiger partial charge is 0.0623 e. The summed E-state index contributed by atoms with van der Waals surface area (Å²) in [4.78, 5) is 0. The zero-order valence-corrected chi connectivity index (χ0v) is 10.5. The van der Waals surface area contributed by atoms with E-state index in [4.69, 9.17) is 4.74 Å². The number of hydrogen-bond acceptors (Lipinski definition) is 2.